The Hall–Kier alpha value is -2.04. The number of hydrogen-bond donors (Lipinski definition) is 2. The number of anilines is 1. The molecular weight excluding hydrogens is 388 g/mol. The summed E-state index contributed by atoms with van der Waals surface area (Å²) in [6.07, 6.45) is 0.744. The number of nitrogens with one attached hydrogen (secondary N) is 2. The molecule has 1 aliphatic rings. The van der Waals surface area contributed by atoms with Crippen LogP contribution in [0, 0.1) is 6.92 Å². The summed E-state index contributed by atoms with van der Waals surface area (Å²) in [7, 11) is -3.90. The largest absolute Gasteiger partial charge is 0.487 e. The molecule has 0 saturated heterocycles. The minimum atomic E-state index is -3.90. The van der Waals surface area contributed by atoms with Crippen LogP contribution in [0.3, 0.4) is 0 Å². The predicted octanol–water partition coefficient (Wildman–Crippen LogP) is 2.78. The van der Waals surface area contributed by atoms with Crippen LogP contribution >= 0.6 is 11.3 Å². The maximum absolute atomic E-state index is 12.8. The van der Waals surface area contributed by atoms with E-state index in [1.54, 1.807) is 6.92 Å². The first-order valence-corrected chi connectivity index (χ1v) is 10.8. The normalized spacial score (nSPS) is 18.4. The van der Waals surface area contributed by atoms with Gasteiger partial charge in [0, 0.05) is 18.4 Å². The Morgan fingerprint density at radius 1 is 1.37 bits per heavy atom. The van der Waals surface area contributed by atoms with Crippen LogP contribution < -0.4 is 14.8 Å². The summed E-state index contributed by atoms with van der Waals surface area (Å²) in [6.45, 7) is 7.49. The molecule has 1 aromatic heterocycles. The van der Waals surface area contributed by atoms with Crippen molar-refractivity contribution in [3.8, 4) is 5.75 Å². The molecular formula is C17H22N4O4S2. The van der Waals surface area contributed by atoms with Gasteiger partial charge in [0.15, 0.2) is 0 Å². The number of amides is 1. The molecule has 1 aliphatic heterocycles. The molecule has 0 fully saturated rings. The van der Waals surface area contributed by atoms with E-state index in [0.717, 1.165) is 22.5 Å². The van der Waals surface area contributed by atoms with Crippen LogP contribution in [-0.2, 0) is 14.8 Å². The number of carbonyl (C=O) groups excluding carboxylic acids is 1. The summed E-state index contributed by atoms with van der Waals surface area (Å²) in [5, 5.41) is 10.1. The number of hydrogen-bond acceptors (Lipinski definition) is 7. The van der Waals surface area contributed by atoms with Crippen molar-refractivity contribution >= 4 is 32.4 Å². The van der Waals surface area contributed by atoms with Crippen LogP contribution in [0.15, 0.2) is 22.5 Å². The molecule has 2 heterocycles. The topological polar surface area (TPSA) is 110 Å². The van der Waals surface area contributed by atoms with Gasteiger partial charge in [-0.05, 0) is 32.4 Å². The monoisotopic (exact) mass is 410 g/mol. The zero-order valence-corrected chi connectivity index (χ0v) is 17.2. The Morgan fingerprint density at radius 2 is 2.11 bits per heavy atom. The van der Waals surface area contributed by atoms with Crippen LogP contribution in [-0.4, -0.2) is 30.1 Å². The Kier molecular flexibility index (Phi) is 5.24. The minimum absolute atomic E-state index is 0.158. The maximum atomic E-state index is 12.8. The third-order valence-corrected chi connectivity index (χ3v) is 6.81. The van der Waals surface area contributed by atoms with Crippen molar-refractivity contribution in [1.82, 2.24) is 14.9 Å². The molecule has 8 nitrogen and oxygen atoms in total. The lowest BCUT2D eigenvalue weighted by Gasteiger charge is -2.37. The summed E-state index contributed by atoms with van der Waals surface area (Å²) in [6, 6.07) is 5.25. The van der Waals surface area contributed by atoms with Gasteiger partial charge in [-0.1, -0.05) is 30.4 Å². The zero-order valence-electron chi connectivity index (χ0n) is 15.6. The SMILES string of the molecule is CCC(=O)Nc1nnc(S(=O)(=O)N[C@@H]2CC(C)(C)Oc3cc(C)ccc32)s1. The smallest absolute Gasteiger partial charge is 0.270 e. The quantitative estimate of drug-likeness (QED) is 0.734. The second-order valence-corrected chi connectivity index (χ2v) is 9.92. The molecule has 2 N–H and O–H groups in total. The fourth-order valence-corrected chi connectivity index (χ4v) is 5.03. The van der Waals surface area contributed by atoms with Crippen LogP contribution in [0.5, 0.6) is 5.75 Å². The molecule has 27 heavy (non-hydrogen) atoms. The summed E-state index contributed by atoms with van der Waals surface area (Å²) in [5.41, 5.74) is 1.30. The first kappa shape index (κ1) is 19.7. The molecule has 3 rings (SSSR count). The standard InChI is InChI=1S/C17H22N4O4S2/c1-5-14(22)18-15-19-20-16(26-15)27(23,24)21-12-9-17(3,4)25-13-8-10(2)6-7-11(12)13/h6-8,12,21H,5,9H2,1-4H3,(H,18,19,22)/t12-/m1/s1. The highest BCUT2D eigenvalue weighted by Gasteiger charge is 2.37. The van der Waals surface area contributed by atoms with Crippen LogP contribution in [0.4, 0.5) is 5.13 Å². The van der Waals surface area contributed by atoms with Gasteiger partial charge in [-0.3, -0.25) is 4.79 Å². The van der Waals surface area contributed by atoms with Crippen LogP contribution in [0.1, 0.15) is 50.8 Å². The van der Waals surface area contributed by atoms with E-state index in [0.29, 0.717) is 12.2 Å². The van der Waals surface area contributed by atoms with Gasteiger partial charge in [0.05, 0.1) is 6.04 Å². The van der Waals surface area contributed by atoms with E-state index in [1.165, 1.54) is 0 Å². The second kappa shape index (κ2) is 7.17. The number of benzene rings is 1. The van der Waals surface area contributed by atoms with Gasteiger partial charge in [-0.2, -0.15) is 0 Å². The van der Waals surface area contributed by atoms with E-state index in [9.17, 15) is 13.2 Å². The molecule has 0 radical (unpaired) electrons. The minimum Gasteiger partial charge on any atom is -0.487 e. The molecule has 1 aromatic carbocycles. The van der Waals surface area contributed by atoms with Gasteiger partial charge in [0.25, 0.3) is 10.0 Å². The molecule has 0 saturated carbocycles. The lowest BCUT2D eigenvalue weighted by atomic mass is 9.90. The molecule has 0 aliphatic carbocycles. The van der Waals surface area contributed by atoms with Gasteiger partial charge in [0.1, 0.15) is 11.4 Å². The highest BCUT2D eigenvalue weighted by molar-refractivity contribution is 7.91. The van der Waals surface area contributed by atoms with E-state index < -0.39 is 21.7 Å². The lowest BCUT2D eigenvalue weighted by Crippen LogP contribution is -2.41. The number of nitrogens with zero attached hydrogens (tertiary/aromatic N) is 2. The summed E-state index contributed by atoms with van der Waals surface area (Å²) in [4.78, 5) is 11.4. The molecule has 0 bridgehead atoms. The Balaban J connectivity index is 1.87. The van der Waals surface area contributed by atoms with Crippen molar-refractivity contribution in [2.75, 3.05) is 5.32 Å². The Bertz CT molecular complexity index is 969. The fourth-order valence-electron chi connectivity index (χ4n) is 2.88. The van der Waals surface area contributed by atoms with E-state index in [-0.39, 0.29) is 21.8 Å². The van der Waals surface area contributed by atoms with Crippen molar-refractivity contribution in [2.24, 2.45) is 0 Å². The number of rotatable bonds is 5. The molecule has 2 aromatic rings. The van der Waals surface area contributed by atoms with Crippen molar-refractivity contribution in [1.29, 1.82) is 0 Å². The number of aromatic nitrogens is 2. The molecule has 0 unspecified atom stereocenters. The second-order valence-electron chi connectivity index (χ2n) is 7.06. The Morgan fingerprint density at radius 3 is 2.81 bits per heavy atom. The van der Waals surface area contributed by atoms with E-state index in [4.69, 9.17) is 4.74 Å². The molecule has 146 valence electrons. The average Bonchev–Trinajstić information content (AvgIpc) is 3.02. The third-order valence-electron chi connectivity index (χ3n) is 4.13. The number of ether oxygens (including phenoxy) is 1. The number of aryl methyl sites for hydroxylation is 1. The highest BCUT2D eigenvalue weighted by Crippen LogP contribution is 2.40. The lowest BCUT2D eigenvalue weighted by molar-refractivity contribution is -0.115. The Labute approximate surface area is 162 Å². The van der Waals surface area contributed by atoms with Crippen molar-refractivity contribution < 1.29 is 17.9 Å². The highest BCUT2D eigenvalue weighted by atomic mass is 32.2. The van der Waals surface area contributed by atoms with Gasteiger partial charge < -0.3 is 10.1 Å². The first-order chi connectivity index (χ1) is 12.6. The van der Waals surface area contributed by atoms with Gasteiger partial charge >= 0.3 is 0 Å². The van der Waals surface area contributed by atoms with Crippen molar-refractivity contribution in [2.45, 2.75) is 56.5 Å². The molecule has 1 amide bonds. The van der Waals surface area contributed by atoms with Crippen LogP contribution in [0.25, 0.3) is 0 Å². The average molecular weight is 411 g/mol. The molecule has 0 spiro atoms. The first-order valence-electron chi connectivity index (χ1n) is 8.55. The fraction of sp³-hybridized carbons (Fsp3) is 0.471. The van der Waals surface area contributed by atoms with E-state index >= 15 is 0 Å². The number of sulfonamides is 1. The van der Waals surface area contributed by atoms with E-state index in [2.05, 4.69) is 20.2 Å². The van der Waals surface area contributed by atoms with Gasteiger partial charge in [-0.25, -0.2) is 13.1 Å². The number of carbonyl (C=O) groups is 1. The maximum Gasteiger partial charge on any atom is 0.270 e. The number of fused-ring (bicyclic) bond motifs is 1. The molecule has 10 heteroatoms. The summed E-state index contributed by atoms with van der Waals surface area (Å²) < 4.78 is 34.1. The van der Waals surface area contributed by atoms with Crippen molar-refractivity contribution in [3.63, 3.8) is 0 Å². The van der Waals surface area contributed by atoms with Crippen molar-refractivity contribution in [3.05, 3.63) is 29.3 Å². The van der Waals surface area contributed by atoms with Gasteiger partial charge in [-0.15, -0.1) is 10.2 Å². The predicted molar refractivity (Wildman–Crippen MR) is 102 cm³/mol. The van der Waals surface area contributed by atoms with E-state index in [1.807, 2.05) is 39.0 Å². The van der Waals surface area contributed by atoms with Crippen LogP contribution in [0.2, 0.25) is 0 Å². The summed E-state index contributed by atoms with van der Waals surface area (Å²) in [5.74, 6) is 0.422. The zero-order chi connectivity index (χ0) is 19.8. The van der Waals surface area contributed by atoms with Gasteiger partial charge in [0.2, 0.25) is 15.4 Å². The third kappa shape index (κ3) is 4.45. The summed E-state index contributed by atoms with van der Waals surface area (Å²) >= 11 is 0.820. The molecule has 1 atom stereocenters.